The van der Waals surface area contributed by atoms with E-state index in [4.69, 9.17) is 35.4 Å². The molecule has 0 radical (unpaired) electrons. The van der Waals surface area contributed by atoms with Gasteiger partial charge in [0.05, 0.1) is 15.0 Å². The molecule has 144 valence electrons. The Kier molecular flexibility index (Phi) is 7.17. The third kappa shape index (κ3) is 5.36. The SMILES string of the molecule is O=C(CCN1C(=O)/C(=C\c2cccc(Br)c2)SC1=S)Nc1ccc(Cl)c(Cl)c1. The van der Waals surface area contributed by atoms with Crippen LogP contribution in [0.2, 0.25) is 10.0 Å². The Labute approximate surface area is 190 Å². The quantitative estimate of drug-likeness (QED) is 0.392. The molecule has 0 bridgehead atoms. The average Bonchev–Trinajstić information content (AvgIpc) is 2.90. The van der Waals surface area contributed by atoms with Crippen LogP contribution in [0, 0.1) is 0 Å². The number of hydrogen-bond acceptors (Lipinski definition) is 4. The van der Waals surface area contributed by atoms with Crippen molar-refractivity contribution in [1.29, 1.82) is 0 Å². The van der Waals surface area contributed by atoms with Crippen LogP contribution < -0.4 is 5.32 Å². The molecule has 3 rings (SSSR count). The normalized spacial score (nSPS) is 15.4. The van der Waals surface area contributed by atoms with E-state index >= 15 is 0 Å². The van der Waals surface area contributed by atoms with E-state index in [9.17, 15) is 9.59 Å². The lowest BCUT2D eigenvalue weighted by Crippen LogP contribution is -2.31. The summed E-state index contributed by atoms with van der Waals surface area (Å²) in [6.07, 6.45) is 1.90. The lowest BCUT2D eigenvalue weighted by Gasteiger charge is -2.14. The smallest absolute Gasteiger partial charge is 0.266 e. The molecule has 0 unspecified atom stereocenters. The standard InChI is InChI=1S/C19H13BrCl2N2O2S2/c20-12-3-1-2-11(8-12)9-16-18(26)24(19(27)28-16)7-6-17(25)23-13-4-5-14(21)15(22)10-13/h1-5,8-10H,6-7H2,(H,23,25)/b16-9+. The van der Waals surface area contributed by atoms with Gasteiger partial charge < -0.3 is 5.32 Å². The monoisotopic (exact) mass is 514 g/mol. The van der Waals surface area contributed by atoms with E-state index < -0.39 is 0 Å². The topological polar surface area (TPSA) is 49.4 Å². The summed E-state index contributed by atoms with van der Waals surface area (Å²) in [5.41, 5.74) is 1.44. The average molecular weight is 516 g/mol. The molecule has 1 aliphatic rings. The number of halogens is 3. The van der Waals surface area contributed by atoms with Crippen molar-refractivity contribution in [1.82, 2.24) is 4.90 Å². The van der Waals surface area contributed by atoms with Crippen molar-refractivity contribution < 1.29 is 9.59 Å². The van der Waals surface area contributed by atoms with Gasteiger partial charge >= 0.3 is 0 Å². The molecular weight excluding hydrogens is 503 g/mol. The van der Waals surface area contributed by atoms with Gasteiger partial charge in [-0.05, 0) is 42.0 Å². The number of thiocarbonyl (C=S) groups is 1. The molecule has 2 aromatic carbocycles. The van der Waals surface area contributed by atoms with Gasteiger partial charge in [-0.25, -0.2) is 0 Å². The number of carbonyl (C=O) groups is 2. The van der Waals surface area contributed by atoms with Crippen LogP contribution in [0.15, 0.2) is 51.8 Å². The van der Waals surface area contributed by atoms with Crippen molar-refractivity contribution >= 4 is 91.0 Å². The molecule has 2 amide bonds. The van der Waals surface area contributed by atoms with E-state index in [1.165, 1.54) is 16.7 Å². The van der Waals surface area contributed by atoms with Gasteiger partial charge in [0.25, 0.3) is 5.91 Å². The summed E-state index contributed by atoms with van der Waals surface area (Å²) in [5.74, 6) is -0.444. The van der Waals surface area contributed by atoms with E-state index in [0.717, 1.165) is 10.0 Å². The van der Waals surface area contributed by atoms with Crippen LogP contribution in [0.3, 0.4) is 0 Å². The van der Waals surface area contributed by atoms with Crippen LogP contribution in [0.5, 0.6) is 0 Å². The van der Waals surface area contributed by atoms with Gasteiger partial charge in [-0.3, -0.25) is 14.5 Å². The van der Waals surface area contributed by atoms with Crippen molar-refractivity contribution in [3.63, 3.8) is 0 Å². The minimum atomic E-state index is -0.247. The first-order valence-corrected chi connectivity index (χ1v) is 10.9. The molecule has 0 spiro atoms. The number of anilines is 1. The number of amides is 2. The highest BCUT2D eigenvalue weighted by molar-refractivity contribution is 9.10. The molecule has 1 fully saturated rings. The Morgan fingerprint density at radius 2 is 2.00 bits per heavy atom. The van der Waals surface area contributed by atoms with Crippen molar-refractivity contribution in [3.8, 4) is 0 Å². The lowest BCUT2D eigenvalue weighted by atomic mass is 10.2. The maximum atomic E-state index is 12.6. The summed E-state index contributed by atoms with van der Waals surface area (Å²) in [6.45, 7) is 0.202. The number of thioether (sulfide) groups is 1. The first-order chi connectivity index (χ1) is 13.3. The van der Waals surface area contributed by atoms with Gasteiger partial charge in [-0.1, -0.05) is 75.2 Å². The zero-order valence-electron chi connectivity index (χ0n) is 14.2. The summed E-state index contributed by atoms with van der Waals surface area (Å²) in [4.78, 5) is 26.8. The van der Waals surface area contributed by atoms with Crippen molar-refractivity contribution in [2.75, 3.05) is 11.9 Å². The van der Waals surface area contributed by atoms with E-state index in [2.05, 4.69) is 21.2 Å². The molecule has 0 saturated carbocycles. The highest BCUT2D eigenvalue weighted by atomic mass is 79.9. The highest BCUT2D eigenvalue weighted by Crippen LogP contribution is 2.33. The maximum absolute atomic E-state index is 12.6. The molecule has 28 heavy (non-hydrogen) atoms. The van der Waals surface area contributed by atoms with Gasteiger partial charge in [0.2, 0.25) is 5.91 Å². The van der Waals surface area contributed by atoms with E-state index in [1.54, 1.807) is 24.3 Å². The van der Waals surface area contributed by atoms with E-state index in [0.29, 0.717) is 25.0 Å². The fourth-order valence-electron chi connectivity index (χ4n) is 2.45. The number of nitrogens with one attached hydrogen (secondary N) is 1. The number of hydrogen-bond donors (Lipinski definition) is 1. The summed E-state index contributed by atoms with van der Waals surface area (Å²) < 4.78 is 1.37. The summed E-state index contributed by atoms with van der Waals surface area (Å²) in [5, 5.41) is 3.50. The largest absolute Gasteiger partial charge is 0.326 e. The summed E-state index contributed by atoms with van der Waals surface area (Å²) >= 11 is 21.8. The van der Waals surface area contributed by atoms with Gasteiger partial charge in [0.15, 0.2) is 0 Å². The van der Waals surface area contributed by atoms with Crippen LogP contribution in [-0.4, -0.2) is 27.6 Å². The predicted octanol–water partition coefficient (Wildman–Crippen LogP) is 5.99. The fourth-order valence-corrected chi connectivity index (χ4v) is 4.47. The molecule has 0 atom stereocenters. The Hall–Kier alpha value is -1.38. The fraction of sp³-hybridized carbons (Fsp3) is 0.105. The van der Waals surface area contributed by atoms with E-state index in [1.807, 2.05) is 24.3 Å². The second-order valence-electron chi connectivity index (χ2n) is 5.82. The Morgan fingerprint density at radius 1 is 1.21 bits per heavy atom. The molecule has 1 N–H and O–H groups in total. The van der Waals surface area contributed by atoms with Gasteiger partial charge in [-0.2, -0.15) is 0 Å². The second kappa shape index (κ2) is 9.41. The minimum Gasteiger partial charge on any atom is -0.326 e. The van der Waals surface area contributed by atoms with Crippen molar-refractivity contribution in [2.45, 2.75) is 6.42 Å². The Morgan fingerprint density at radius 3 is 2.71 bits per heavy atom. The van der Waals surface area contributed by atoms with Gasteiger partial charge in [-0.15, -0.1) is 0 Å². The molecular formula is C19H13BrCl2N2O2S2. The Balaban J connectivity index is 1.61. The Bertz CT molecular complexity index is 998. The van der Waals surface area contributed by atoms with Crippen LogP contribution in [0.1, 0.15) is 12.0 Å². The molecule has 2 aromatic rings. The van der Waals surface area contributed by atoms with Crippen LogP contribution in [-0.2, 0) is 9.59 Å². The maximum Gasteiger partial charge on any atom is 0.266 e. The molecule has 4 nitrogen and oxygen atoms in total. The first-order valence-electron chi connectivity index (χ1n) is 8.09. The first kappa shape index (κ1) is 21.3. The highest BCUT2D eigenvalue weighted by Gasteiger charge is 2.32. The van der Waals surface area contributed by atoms with Crippen molar-refractivity contribution in [3.05, 3.63) is 67.5 Å². The third-order valence-corrected chi connectivity index (χ3v) is 6.40. The minimum absolute atomic E-state index is 0.108. The number of carbonyl (C=O) groups excluding carboxylic acids is 2. The van der Waals surface area contributed by atoms with E-state index in [-0.39, 0.29) is 24.8 Å². The second-order valence-corrected chi connectivity index (χ2v) is 9.22. The molecule has 0 aromatic heterocycles. The van der Waals surface area contributed by atoms with Gasteiger partial charge in [0.1, 0.15) is 4.32 Å². The molecule has 0 aliphatic carbocycles. The summed E-state index contributed by atoms with van der Waals surface area (Å²) in [7, 11) is 0. The molecule has 9 heteroatoms. The zero-order valence-corrected chi connectivity index (χ0v) is 19.0. The molecule has 1 heterocycles. The number of nitrogens with zero attached hydrogens (tertiary/aromatic N) is 1. The molecule has 1 saturated heterocycles. The zero-order chi connectivity index (χ0) is 20.3. The predicted molar refractivity (Wildman–Crippen MR) is 124 cm³/mol. The number of benzene rings is 2. The van der Waals surface area contributed by atoms with Gasteiger partial charge in [0, 0.05) is 23.1 Å². The lowest BCUT2D eigenvalue weighted by molar-refractivity contribution is -0.122. The van der Waals surface area contributed by atoms with Crippen molar-refractivity contribution in [2.24, 2.45) is 0 Å². The van der Waals surface area contributed by atoms with Crippen LogP contribution in [0.4, 0.5) is 5.69 Å². The van der Waals surface area contributed by atoms with Crippen LogP contribution >= 0.6 is 63.1 Å². The molecule has 1 aliphatic heterocycles. The third-order valence-electron chi connectivity index (χ3n) is 3.79. The van der Waals surface area contributed by atoms with Crippen LogP contribution in [0.25, 0.3) is 6.08 Å². The summed E-state index contributed by atoms with van der Waals surface area (Å²) in [6, 6.07) is 12.5. The number of rotatable bonds is 5.